The summed E-state index contributed by atoms with van der Waals surface area (Å²) in [6.45, 7) is 21.0. The smallest absolute Gasteiger partial charge is 0.410 e. The van der Waals surface area contributed by atoms with Gasteiger partial charge >= 0.3 is 18.2 Å². The lowest BCUT2D eigenvalue weighted by atomic mass is 10.1. The number of nitrogens with one attached hydrogen (secondary N) is 2. The van der Waals surface area contributed by atoms with E-state index in [-0.39, 0.29) is 24.3 Å². The van der Waals surface area contributed by atoms with Crippen LogP contribution in [-0.2, 0) is 9.47 Å². The minimum Gasteiger partial charge on any atom is -0.444 e. The van der Waals surface area contributed by atoms with Gasteiger partial charge < -0.3 is 44.2 Å². The number of carbonyl (C=O) groups excluding carboxylic acids is 3. The molecule has 11 heterocycles. The minimum atomic E-state index is -0.522. The Kier molecular flexibility index (Phi) is 12.9. The molecule has 0 aliphatic carbocycles. The molecule has 3 aromatic rings. The fourth-order valence-corrected chi connectivity index (χ4v) is 9.11. The van der Waals surface area contributed by atoms with Gasteiger partial charge in [0.05, 0.1) is 11.4 Å². The average Bonchev–Trinajstić information content (AvgIpc) is 3.86. The zero-order chi connectivity index (χ0) is 44.3. The zero-order valence-corrected chi connectivity index (χ0v) is 37.9. The van der Waals surface area contributed by atoms with Crippen molar-refractivity contribution in [3.05, 3.63) is 42.9 Å². The first-order chi connectivity index (χ1) is 30.2. The van der Waals surface area contributed by atoms with Crippen LogP contribution in [-0.4, -0.2) is 150 Å². The van der Waals surface area contributed by atoms with Crippen LogP contribution >= 0.6 is 0 Å². The maximum atomic E-state index is 13.5. The number of carbonyl (C=O) groups is 3. The Bertz CT molecular complexity index is 2080. The van der Waals surface area contributed by atoms with Crippen molar-refractivity contribution >= 4 is 58.7 Å². The number of aromatic nitrogens is 4. The molecular formula is C45H65N13O5. The molecule has 0 atom stereocenters. The monoisotopic (exact) mass is 868 g/mol. The maximum Gasteiger partial charge on any atom is 0.410 e. The number of fused-ring (bicyclic) bond motifs is 4. The molecule has 0 saturated carbocycles. The number of amides is 4. The molecule has 11 rings (SSSR count). The van der Waals surface area contributed by atoms with Gasteiger partial charge in [0.25, 0.3) is 0 Å². The summed E-state index contributed by atoms with van der Waals surface area (Å²) in [6, 6.07) is 10.5. The van der Waals surface area contributed by atoms with Crippen molar-refractivity contribution in [2.45, 2.75) is 103 Å². The van der Waals surface area contributed by atoms with Gasteiger partial charge in [-0.3, -0.25) is 10.2 Å². The lowest BCUT2D eigenvalue weighted by Crippen LogP contribution is -2.46. The van der Waals surface area contributed by atoms with Crippen LogP contribution in [0, 0.1) is 0 Å². The van der Waals surface area contributed by atoms with Crippen LogP contribution in [0.1, 0.15) is 80.1 Å². The van der Waals surface area contributed by atoms with Gasteiger partial charge in [-0.1, -0.05) is 0 Å². The molecule has 8 aliphatic rings. The minimum absolute atomic E-state index is 0.0684. The van der Waals surface area contributed by atoms with Crippen LogP contribution < -0.4 is 35.1 Å². The number of anilines is 7. The molecule has 340 valence electrons. The third-order valence-electron chi connectivity index (χ3n) is 12.3. The average molecular weight is 868 g/mol. The normalized spacial score (nSPS) is 19.4. The molecule has 4 fully saturated rings. The van der Waals surface area contributed by atoms with Gasteiger partial charge in [0.15, 0.2) is 11.6 Å². The SMILES string of the molecule is CC(C)(C)OC(=O)N1CCCN(c2ccc3c(n2)N(C(=O)Nc2ccncn2)C2CCN3CC2)CC1.CC(C)(C)OC(=O)N1CCCN(c2ccc3c(n2)NC2CCN3CC2)CC1. The highest BCUT2D eigenvalue weighted by Crippen LogP contribution is 2.40. The maximum absolute atomic E-state index is 13.5. The third-order valence-corrected chi connectivity index (χ3v) is 12.3. The molecule has 63 heavy (non-hydrogen) atoms. The second-order valence-corrected chi connectivity index (χ2v) is 19.2. The second kappa shape index (κ2) is 18.5. The lowest BCUT2D eigenvalue weighted by molar-refractivity contribution is 0.0252. The van der Waals surface area contributed by atoms with Crippen molar-refractivity contribution in [2.24, 2.45) is 0 Å². The van der Waals surface area contributed by atoms with Gasteiger partial charge in [0.2, 0.25) is 0 Å². The zero-order valence-electron chi connectivity index (χ0n) is 37.9. The predicted molar refractivity (Wildman–Crippen MR) is 245 cm³/mol. The van der Waals surface area contributed by atoms with E-state index in [1.807, 2.05) is 52.5 Å². The molecule has 4 amide bonds. The van der Waals surface area contributed by atoms with E-state index in [9.17, 15) is 14.4 Å². The summed E-state index contributed by atoms with van der Waals surface area (Å²) >= 11 is 0. The number of urea groups is 1. The summed E-state index contributed by atoms with van der Waals surface area (Å²) in [6.07, 6.45) is 8.38. The number of hydrogen-bond acceptors (Lipinski definition) is 14. The molecule has 4 saturated heterocycles. The fraction of sp³-hybridized carbons (Fsp3) is 0.622. The van der Waals surface area contributed by atoms with E-state index in [4.69, 9.17) is 19.4 Å². The number of ether oxygens (including phenoxy) is 2. The molecule has 2 N–H and O–H groups in total. The first kappa shape index (κ1) is 43.8. The number of rotatable bonds is 3. The Balaban J connectivity index is 0.000000180. The van der Waals surface area contributed by atoms with E-state index in [1.54, 1.807) is 22.1 Å². The van der Waals surface area contributed by atoms with Gasteiger partial charge in [-0.25, -0.2) is 34.3 Å². The predicted octanol–water partition coefficient (Wildman–Crippen LogP) is 6.26. The summed E-state index contributed by atoms with van der Waals surface area (Å²) < 4.78 is 11.1. The summed E-state index contributed by atoms with van der Waals surface area (Å²) in [5, 5.41) is 6.55. The quantitative estimate of drug-likeness (QED) is 0.303. The van der Waals surface area contributed by atoms with Gasteiger partial charge in [-0.05, 0) is 110 Å². The highest BCUT2D eigenvalue weighted by molar-refractivity contribution is 6.03. The third kappa shape index (κ3) is 10.7. The van der Waals surface area contributed by atoms with Crippen LogP contribution in [0.2, 0.25) is 0 Å². The lowest BCUT2D eigenvalue weighted by Gasteiger charge is -2.31. The summed E-state index contributed by atoms with van der Waals surface area (Å²) in [5.74, 6) is 3.95. The molecule has 18 heteroatoms. The summed E-state index contributed by atoms with van der Waals surface area (Å²) in [5.41, 5.74) is 1.22. The van der Waals surface area contributed by atoms with Crippen molar-refractivity contribution < 1.29 is 23.9 Å². The van der Waals surface area contributed by atoms with E-state index in [2.05, 4.69) is 58.4 Å². The van der Waals surface area contributed by atoms with E-state index in [1.165, 1.54) is 24.9 Å². The topological polar surface area (TPSA) is 168 Å². The molecule has 8 aliphatic heterocycles. The van der Waals surface area contributed by atoms with Gasteiger partial charge in [-0.2, -0.15) is 0 Å². The van der Waals surface area contributed by atoms with Crippen molar-refractivity contribution in [1.29, 1.82) is 0 Å². The summed E-state index contributed by atoms with van der Waals surface area (Å²) in [4.78, 5) is 71.1. The Morgan fingerprint density at radius 2 is 1.19 bits per heavy atom. The highest BCUT2D eigenvalue weighted by Gasteiger charge is 2.38. The molecule has 0 spiro atoms. The first-order valence-electron chi connectivity index (χ1n) is 22.8. The fourth-order valence-electron chi connectivity index (χ4n) is 9.11. The van der Waals surface area contributed by atoms with Gasteiger partial charge in [-0.15, -0.1) is 0 Å². The molecule has 4 bridgehead atoms. The van der Waals surface area contributed by atoms with Crippen LogP contribution in [0.3, 0.4) is 0 Å². The molecule has 0 radical (unpaired) electrons. The van der Waals surface area contributed by atoms with Crippen molar-refractivity contribution in [1.82, 2.24) is 29.7 Å². The number of nitrogens with zero attached hydrogens (tertiary/aromatic N) is 11. The Morgan fingerprint density at radius 1 is 0.635 bits per heavy atom. The van der Waals surface area contributed by atoms with Crippen LogP contribution in [0.25, 0.3) is 0 Å². The van der Waals surface area contributed by atoms with E-state index < -0.39 is 11.2 Å². The van der Waals surface area contributed by atoms with Gasteiger partial charge in [0.1, 0.15) is 35.0 Å². The Morgan fingerprint density at radius 3 is 1.76 bits per heavy atom. The number of piperidine rings is 2. The van der Waals surface area contributed by atoms with E-state index in [0.29, 0.717) is 43.9 Å². The van der Waals surface area contributed by atoms with Crippen molar-refractivity contribution in [2.75, 3.05) is 114 Å². The molecular weight excluding hydrogens is 803 g/mol. The molecule has 0 unspecified atom stereocenters. The van der Waals surface area contributed by atoms with Crippen molar-refractivity contribution in [3.63, 3.8) is 0 Å². The van der Waals surface area contributed by atoms with Crippen LogP contribution in [0.4, 0.5) is 54.8 Å². The Labute approximate surface area is 371 Å². The van der Waals surface area contributed by atoms with E-state index >= 15 is 0 Å². The molecule has 3 aromatic heterocycles. The molecule has 18 nitrogen and oxygen atoms in total. The molecule has 0 aromatic carbocycles. The van der Waals surface area contributed by atoms with E-state index in [0.717, 1.165) is 101 Å². The second-order valence-electron chi connectivity index (χ2n) is 19.2. The number of pyridine rings is 2. The highest BCUT2D eigenvalue weighted by atomic mass is 16.6. The summed E-state index contributed by atoms with van der Waals surface area (Å²) in [7, 11) is 0. The van der Waals surface area contributed by atoms with Gasteiger partial charge in [0, 0.05) is 96.8 Å². The largest absolute Gasteiger partial charge is 0.444 e. The van der Waals surface area contributed by atoms with Crippen molar-refractivity contribution in [3.8, 4) is 0 Å². The number of hydrogen-bond donors (Lipinski definition) is 2. The first-order valence-corrected chi connectivity index (χ1v) is 22.8. The van der Waals surface area contributed by atoms with Crippen LogP contribution in [0.5, 0.6) is 0 Å². The Hall–Kier alpha value is -5.81. The van der Waals surface area contributed by atoms with Crippen LogP contribution in [0.15, 0.2) is 42.9 Å². The standard InChI is InChI=1S/C25H34N8O3.C20H31N5O2/c1-25(2,3)36-24(35)32-12-4-11-31(15-16-32)21-6-5-19-22(29-21)33(18-8-13-30(19)14-9-18)23(34)28-20-7-10-26-17-27-20;1-20(2,3)27-19(26)25-10-4-9-24(13-14-25)17-6-5-16-18(22-17)21-15-7-11-23(16)12-8-15/h5-7,10,17-18H,4,8-9,11-16H2,1-3H3,(H,26,27,28,34);5-6,15H,4,7-14H2,1-3H3,(H,21,22).